The summed E-state index contributed by atoms with van der Waals surface area (Å²) in [6.45, 7) is 0. The molecule has 0 rings (SSSR count). The lowest BCUT2D eigenvalue weighted by molar-refractivity contribution is -0.397. The van der Waals surface area contributed by atoms with Crippen LogP contribution in [0.15, 0.2) is 0 Å². The van der Waals surface area contributed by atoms with Crippen LogP contribution in [-0.2, 0) is 0 Å². The number of alkyl halides is 14. The lowest BCUT2D eigenvalue weighted by atomic mass is 9.96. The first-order valence-corrected chi connectivity index (χ1v) is 6.81. The molecule has 0 saturated carbocycles. The van der Waals surface area contributed by atoms with Gasteiger partial charge in [-0.1, -0.05) is 22.6 Å². The zero-order chi connectivity index (χ0) is 19.1. The molecule has 0 aromatic heterocycles. The molecule has 0 aliphatic rings. The van der Waals surface area contributed by atoms with Crippen molar-refractivity contribution in [1.29, 1.82) is 0 Å². The Balaban J connectivity index is 5.44. The molecule has 23 heavy (non-hydrogen) atoms. The van der Waals surface area contributed by atoms with E-state index in [2.05, 4.69) is 0 Å². The maximum absolute atomic E-state index is 12.9. The predicted molar refractivity (Wildman–Crippen MR) is 58.9 cm³/mol. The highest BCUT2D eigenvalue weighted by atomic mass is 127. The van der Waals surface area contributed by atoms with Crippen molar-refractivity contribution in [2.45, 2.75) is 48.6 Å². The molecule has 0 aliphatic carbocycles. The fraction of sp³-hybridized carbons (Fsp3) is 1.00. The minimum atomic E-state index is -7.25. The van der Waals surface area contributed by atoms with E-state index in [0.29, 0.717) is 0 Å². The Kier molecular flexibility index (Phi) is 6.23. The molecule has 0 radical (unpaired) electrons. The molecule has 0 fully saturated rings. The van der Waals surface area contributed by atoms with Crippen molar-refractivity contribution in [2.24, 2.45) is 0 Å². The van der Waals surface area contributed by atoms with E-state index in [0.717, 1.165) is 22.6 Å². The van der Waals surface area contributed by atoms with Gasteiger partial charge in [0.15, 0.2) is 0 Å². The molecule has 14 heteroatoms. The Morgan fingerprint density at radius 2 is 0.826 bits per heavy atom. The highest BCUT2D eigenvalue weighted by Gasteiger charge is 2.81. The van der Waals surface area contributed by atoms with Crippen molar-refractivity contribution < 1.29 is 57.1 Å². The summed E-state index contributed by atoms with van der Waals surface area (Å²) in [5.41, 5.74) is 0. The van der Waals surface area contributed by atoms with Gasteiger partial charge >= 0.3 is 35.8 Å². The van der Waals surface area contributed by atoms with Gasteiger partial charge in [0.1, 0.15) is 0 Å². The second-order valence-corrected chi connectivity index (χ2v) is 5.16. The molecule has 0 aliphatic heterocycles. The van der Waals surface area contributed by atoms with Crippen LogP contribution in [0.3, 0.4) is 0 Å². The van der Waals surface area contributed by atoms with Crippen molar-refractivity contribution in [1.82, 2.24) is 0 Å². The lowest BCUT2D eigenvalue weighted by Crippen LogP contribution is -2.61. The Morgan fingerprint density at radius 3 is 1.13 bits per heavy atom. The predicted octanol–water partition coefficient (Wildman–Crippen LogP) is 5.94. The van der Waals surface area contributed by atoms with Crippen LogP contribution < -0.4 is 0 Å². The number of rotatable bonds is 7. The van der Waals surface area contributed by atoms with E-state index in [9.17, 15) is 57.1 Å². The summed E-state index contributed by atoms with van der Waals surface area (Å²) >= 11 is 0.721. The first-order chi connectivity index (χ1) is 9.77. The van der Waals surface area contributed by atoms with Gasteiger partial charge in [-0.25, -0.2) is 0 Å². The van der Waals surface area contributed by atoms with Gasteiger partial charge in [0.05, 0.1) is 4.43 Å². The molecule has 0 saturated heterocycles. The first-order valence-electron chi connectivity index (χ1n) is 5.28. The van der Waals surface area contributed by atoms with Gasteiger partial charge in [-0.2, -0.15) is 57.1 Å². The van der Waals surface area contributed by atoms with Crippen molar-refractivity contribution in [2.75, 3.05) is 4.43 Å². The first kappa shape index (κ1) is 22.8. The third kappa shape index (κ3) is 4.08. The number of hydrogen-bond acceptors (Lipinski definition) is 0. The minimum absolute atomic E-state index is 0.721. The molecule has 140 valence electrons. The summed E-state index contributed by atoms with van der Waals surface area (Å²) in [4.78, 5) is 0. The summed E-state index contributed by atoms with van der Waals surface area (Å²) in [6.07, 6.45) is -12.8. The van der Waals surface area contributed by atoms with Crippen LogP contribution >= 0.6 is 22.6 Å². The summed E-state index contributed by atoms with van der Waals surface area (Å²) in [7, 11) is 0. The molecule has 0 aromatic rings. The monoisotopic (exact) mass is 488 g/mol. The zero-order valence-electron chi connectivity index (χ0n) is 10.4. The molecular formula is C9H6F13I. The normalized spacial score (nSPS) is 15.9. The van der Waals surface area contributed by atoms with Crippen molar-refractivity contribution in [3.63, 3.8) is 0 Å². The second-order valence-electron chi connectivity index (χ2n) is 4.39. The SMILES string of the molecule is FC(F)(F)C(F)(F)C(F)(F)C(F)(F)CCC(F)(F)C(F)(F)CI. The number of halogens is 14. The summed E-state index contributed by atoms with van der Waals surface area (Å²) < 4.78 is 161. The van der Waals surface area contributed by atoms with Crippen molar-refractivity contribution >= 4 is 22.6 Å². The largest absolute Gasteiger partial charge is 0.460 e. The van der Waals surface area contributed by atoms with Gasteiger partial charge in [-0.3, -0.25) is 0 Å². The Hall–Kier alpha value is -0.180. The van der Waals surface area contributed by atoms with Crippen LogP contribution in [0.25, 0.3) is 0 Å². The van der Waals surface area contributed by atoms with E-state index in [4.69, 9.17) is 0 Å². The van der Waals surface area contributed by atoms with E-state index in [1.54, 1.807) is 0 Å². The highest BCUT2D eigenvalue weighted by molar-refractivity contribution is 14.1. The topological polar surface area (TPSA) is 0 Å². The summed E-state index contributed by atoms with van der Waals surface area (Å²) in [6, 6.07) is 0. The molecule has 0 aromatic carbocycles. The van der Waals surface area contributed by atoms with Crippen LogP contribution in [0, 0.1) is 0 Å². The van der Waals surface area contributed by atoms with Gasteiger partial charge in [0, 0.05) is 12.8 Å². The van der Waals surface area contributed by atoms with Crippen molar-refractivity contribution in [3.05, 3.63) is 0 Å². The van der Waals surface area contributed by atoms with Gasteiger partial charge in [-0.15, -0.1) is 0 Å². The van der Waals surface area contributed by atoms with E-state index < -0.39 is 53.1 Å². The molecule has 0 nitrogen and oxygen atoms in total. The smallest absolute Gasteiger partial charge is 0.200 e. The zero-order valence-corrected chi connectivity index (χ0v) is 12.6. The molecule has 0 amide bonds. The highest BCUT2D eigenvalue weighted by Crippen LogP contribution is 2.55. The van der Waals surface area contributed by atoms with Gasteiger partial charge in [0.2, 0.25) is 0 Å². The van der Waals surface area contributed by atoms with Crippen molar-refractivity contribution in [3.8, 4) is 0 Å². The van der Waals surface area contributed by atoms with E-state index in [1.807, 2.05) is 0 Å². The standard InChI is InChI=1S/C9H6F13I/c10-4(11,6(14,15)3-23)1-2-5(12,13)7(16,17)8(18,19)9(20,21)22/h1-3H2. The fourth-order valence-corrected chi connectivity index (χ4v) is 1.72. The molecule has 0 unspecified atom stereocenters. The van der Waals surface area contributed by atoms with Crippen LogP contribution in [0.5, 0.6) is 0 Å². The summed E-state index contributed by atoms with van der Waals surface area (Å²) in [5.74, 6) is -30.9. The van der Waals surface area contributed by atoms with Crippen LogP contribution in [0.4, 0.5) is 57.1 Å². The molecule has 0 atom stereocenters. The van der Waals surface area contributed by atoms with E-state index >= 15 is 0 Å². The maximum Gasteiger partial charge on any atom is 0.460 e. The molecule has 0 heterocycles. The Bertz CT molecular complexity index is 410. The lowest BCUT2D eigenvalue weighted by Gasteiger charge is -2.34. The third-order valence-electron chi connectivity index (χ3n) is 2.67. The molecule has 0 bridgehead atoms. The fourth-order valence-electron chi connectivity index (χ4n) is 1.16. The van der Waals surface area contributed by atoms with Gasteiger partial charge in [0.25, 0.3) is 0 Å². The molecular weight excluding hydrogens is 482 g/mol. The minimum Gasteiger partial charge on any atom is -0.200 e. The maximum atomic E-state index is 12.9. The number of hydrogen-bond donors (Lipinski definition) is 0. The average Bonchev–Trinajstić information content (AvgIpc) is 2.34. The third-order valence-corrected chi connectivity index (χ3v) is 3.62. The second kappa shape index (κ2) is 6.28. The van der Waals surface area contributed by atoms with Crippen LogP contribution in [0.2, 0.25) is 0 Å². The van der Waals surface area contributed by atoms with Gasteiger partial charge in [-0.05, 0) is 0 Å². The summed E-state index contributed by atoms with van der Waals surface area (Å²) in [5, 5.41) is 0. The quantitative estimate of drug-likeness (QED) is 0.237. The van der Waals surface area contributed by atoms with E-state index in [-0.39, 0.29) is 0 Å². The molecule has 0 spiro atoms. The van der Waals surface area contributed by atoms with Crippen LogP contribution in [-0.4, -0.2) is 40.2 Å². The van der Waals surface area contributed by atoms with Gasteiger partial charge < -0.3 is 0 Å². The Morgan fingerprint density at radius 1 is 0.478 bits per heavy atom. The Labute approximate surface area is 133 Å². The van der Waals surface area contributed by atoms with Crippen LogP contribution in [0.1, 0.15) is 12.8 Å². The molecule has 0 N–H and O–H groups in total. The average molecular weight is 488 g/mol. The van der Waals surface area contributed by atoms with E-state index in [1.165, 1.54) is 0 Å².